The maximum absolute atomic E-state index is 10.7. The molecule has 0 atom stereocenters. The lowest BCUT2D eigenvalue weighted by Crippen LogP contribution is -1.92. The second-order valence-corrected chi connectivity index (χ2v) is 4.29. The Morgan fingerprint density at radius 2 is 2.00 bits per heavy atom. The summed E-state index contributed by atoms with van der Waals surface area (Å²) in [5.74, 6) is -0.370. The van der Waals surface area contributed by atoms with Gasteiger partial charge in [-0.25, -0.2) is 4.79 Å². The van der Waals surface area contributed by atoms with E-state index in [9.17, 15) is 4.79 Å². The number of halogens is 1. The Labute approximate surface area is 113 Å². The second kappa shape index (κ2) is 8.54. The molecule has 1 aliphatic rings. The van der Waals surface area contributed by atoms with Crippen LogP contribution >= 0.6 is 11.6 Å². The fourth-order valence-corrected chi connectivity index (χ4v) is 1.18. The molecule has 0 amide bonds. The van der Waals surface area contributed by atoms with Crippen LogP contribution in [0.2, 0.25) is 5.02 Å². The van der Waals surface area contributed by atoms with Gasteiger partial charge < -0.3 is 4.74 Å². The van der Waals surface area contributed by atoms with Gasteiger partial charge in [-0.3, -0.25) is 0 Å². The van der Waals surface area contributed by atoms with Crippen LogP contribution in [0.1, 0.15) is 24.8 Å². The lowest BCUT2D eigenvalue weighted by Gasteiger charge is -1.92. The van der Waals surface area contributed by atoms with Crippen LogP contribution in [0.25, 0.3) is 6.08 Å². The first kappa shape index (κ1) is 14.5. The fourth-order valence-electron chi connectivity index (χ4n) is 0.979. The Hall–Kier alpha value is -1.54. The Kier molecular flexibility index (Phi) is 6.89. The van der Waals surface area contributed by atoms with Crippen molar-refractivity contribution in [3.8, 4) is 0 Å². The summed E-state index contributed by atoms with van der Waals surface area (Å²) < 4.78 is 4.44. The van der Waals surface area contributed by atoms with Crippen molar-refractivity contribution in [3.63, 3.8) is 0 Å². The number of carbonyl (C=O) groups is 1. The maximum atomic E-state index is 10.7. The summed E-state index contributed by atoms with van der Waals surface area (Å²) in [7, 11) is 1.34. The SMILES string of the molecule is C1CC1.COC(=O)C=CC=Cc1cccc(Cl)c1. The number of benzene rings is 1. The minimum absolute atomic E-state index is 0.370. The largest absolute Gasteiger partial charge is 0.466 e. The number of ether oxygens (including phenoxy) is 1. The van der Waals surface area contributed by atoms with Crippen molar-refractivity contribution in [2.45, 2.75) is 19.3 Å². The molecule has 2 rings (SSSR count). The summed E-state index contributed by atoms with van der Waals surface area (Å²) in [5.41, 5.74) is 0.983. The number of hydrogen-bond donors (Lipinski definition) is 0. The third kappa shape index (κ3) is 7.69. The van der Waals surface area contributed by atoms with Gasteiger partial charge >= 0.3 is 5.97 Å². The highest BCUT2D eigenvalue weighted by Crippen LogP contribution is 2.14. The molecule has 3 heteroatoms. The first-order valence-electron chi connectivity index (χ1n) is 5.90. The highest BCUT2D eigenvalue weighted by molar-refractivity contribution is 6.30. The third-order valence-corrected chi connectivity index (χ3v) is 2.27. The molecule has 0 heterocycles. The summed E-state index contributed by atoms with van der Waals surface area (Å²) in [6.45, 7) is 0. The molecule has 0 bridgehead atoms. The predicted octanol–water partition coefficient (Wildman–Crippen LogP) is 4.25. The zero-order chi connectivity index (χ0) is 13.2. The van der Waals surface area contributed by atoms with Gasteiger partial charge in [0, 0.05) is 11.1 Å². The van der Waals surface area contributed by atoms with E-state index in [0.29, 0.717) is 5.02 Å². The van der Waals surface area contributed by atoms with Crippen LogP contribution in [0.3, 0.4) is 0 Å². The van der Waals surface area contributed by atoms with Crippen LogP contribution in [0, 0.1) is 0 Å². The monoisotopic (exact) mass is 264 g/mol. The Morgan fingerprint density at radius 1 is 1.28 bits per heavy atom. The predicted molar refractivity (Wildman–Crippen MR) is 75.5 cm³/mol. The molecule has 0 aliphatic heterocycles. The summed E-state index contributed by atoms with van der Waals surface area (Å²) >= 11 is 5.80. The van der Waals surface area contributed by atoms with Crippen LogP contribution in [-0.2, 0) is 9.53 Å². The van der Waals surface area contributed by atoms with Crippen LogP contribution in [-0.4, -0.2) is 13.1 Å². The van der Waals surface area contributed by atoms with Gasteiger partial charge in [-0.05, 0) is 17.7 Å². The summed E-state index contributed by atoms with van der Waals surface area (Å²) in [4.78, 5) is 10.7. The average molecular weight is 265 g/mol. The van der Waals surface area contributed by atoms with Crippen molar-refractivity contribution < 1.29 is 9.53 Å². The van der Waals surface area contributed by atoms with Crippen LogP contribution in [0.15, 0.2) is 42.5 Å². The molecule has 1 aromatic rings. The van der Waals surface area contributed by atoms with E-state index in [-0.39, 0.29) is 5.97 Å². The first-order valence-corrected chi connectivity index (χ1v) is 6.28. The molecule has 96 valence electrons. The Balaban J connectivity index is 0.000000468. The number of hydrogen-bond acceptors (Lipinski definition) is 2. The maximum Gasteiger partial charge on any atom is 0.330 e. The van der Waals surface area contributed by atoms with E-state index >= 15 is 0 Å². The quantitative estimate of drug-likeness (QED) is 0.463. The Bertz CT molecular complexity index is 431. The second-order valence-electron chi connectivity index (χ2n) is 3.86. The van der Waals surface area contributed by atoms with Crippen LogP contribution < -0.4 is 0 Å². The molecule has 0 N–H and O–H groups in total. The molecule has 0 spiro atoms. The number of rotatable bonds is 3. The zero-order valence-electron chi connectivity index (χ0n) is 10.4. The molecule has 0 aromatic heterocycles. The van der Waals surface area contributed by atoms with Gasteiger partial charge in [-0.15, -0.1) is 0 Å². The van der Waals surface area contributed by atoms with Crippen molar-refractivity contribution in [2.75, 3.05) is 7.11 Å². The molecule has 1 saturated carbocycles. The molecule has 0 unspecified atom stereocenters. The third-order valence-electron chi connectivity index (χ3n) is 2.04. The van der Waals surface area contributed by atoms with Gasteiger partial charge in [0.2, 0.25) is 0 Å². The van der Waals surface area contributed by atoms with Crippen molar-refractivity contribution in [3.05, 3.63) is 53.1 Å². The van der Waals surface area contributed by atoms with Gasteiger partial charge in [0.05, 0.1) is 7.11 Å². The highest BCUT2D eigenvalue weighted by Gasteiger charge is 1.95. The topological polar surface area (TPSA) is 26.3 Å². The standard InChI is InChI=1S/C12H11ClO2.C3H6/c1-15-12(14)8-3-2-5-10-6-4-7-11(13)9-10;1-2-3-1/h2-9H,1H3;1-3H2. The summed E-state index contributed by atoms with van der Waals surface area (Å²) in [5, 5.41) is 0.689. The van der Waals surface area contributed by atoms with E-state index in [1.54, 1.807) is 12.2 Å². The summed E-state index contributed by atoms with van der Waals surface area (Å²) in [6.07, 6.45) is 11.1. The number of methoxy groups -OCH3 is 1. The molecular formula is C15H17ClO2. The van der Waals surface area contributed by atoms with E-state index in [2.05, 4.69) is 4.74 Å². The van der Waals surface area contributed by atoms with E-state index in [4.69, 9.17) is 11.6 Å². The minimum atomic E-state index is -0.370. The van der Waals surface area contributed by atoms with E-state index < -0.39 is 0 Å². The molecule has 2 nitrogen and oxygen atoms in total. The molecular weight excluding hydrogens is 248 g/mol. The van der Waals surface area contributed by atoms with Gasteiger partial charge in [0.25, 0.3) is 0 Å². The van der Waals surface area contributed by atoms with Crippen molar-refractivity contribution in [1.82, 2.24) is 0 Å². The molecule has 18 heavy (non-hydrogen) atoms. The normalized spacial score (nSPS) is 13.2. The smallest absolute Gasteiger partial charge is 0.330 e. The molecule has 0 radical (unpaired) electrons. The molecule has 1 aliphatic carbocycles. The lowest BCUT2D eigenvalue weighted by atomic mass is 10.2. The molecule has 1 fully saturated rings. The van der Waals surface area contributed by atoms with Crippen molar-refractivity contribution in [2.24, 2.45) is 0 Å². The lowest BCUT2D eigenvalue weighted by molar-refractivity contribution is -0.134. The van der Waals surface area contributed by atoms with Crippen molar-refractivity contribution in [1.29, 1.82) is 0 Å². The molecule has 0 saturated heterocycles. The van der Waals surface area contributed by atoms with Crippen LogP contribution in [0.5, 0.6) is 0 Å². The first-order chi connectivity index (χ1) is 8.72. The minimum Gasteiger partial charge on any atom is -0.466 e. The fraction of sp³-hybridized carbons (Fsp3) is 0.267. The van der Waals surface area contributed by atoms with Gasteiger partial charge in [0.1, 0.15) is 0 Å². The van der Waals surface area contributed by atoms with E-state index in [1.807, 2.05) is 30.3 Å². The number of esters is 1. The van der Waals surface area contributed by atoms with Gasteiger partial charge in [-0.2, -0.15) is 0 Å². The number of allylic oxidation sites excluding steroid dienone is 2. The van der Waals surface area contributed by atoms with E-state index in [0.717, 1.165) is 5.56 Å². The number of carbonyl (C=O) groups excluding carboxylic acids is 1. The highest BCUT2D eigenvalue weighted by atomic mass is 35.5. The average Bonchev–Trinajstić information content (AvgIpc) is 3.22. The van der Waals surface area contributed by atoms with Gasteiger partial charge in [0.15, 0.2) is 0 Å². The summed E-state index contributed by atoms with van der Waals surface area (Å²) in [6, 6.07) is 7.44. The molecule has 1 aromatic carbocycles. The van der Waals surface area contributed by atoms with Gasteiger partial charge in [-0.1, -0.05) is 61.2 Å². The Morgan fingerprint density at radius 3 is 2.56 bits per heavy atom. The van der Waals surface area contributed by atoms with Crippen LogP contribution in [0.4, 0.5) is 0 Å². The van der Waals surface area contributed by atoms with E-state index in [1.165, 1.54) is 32.4 Å². The van der Waals surface area contributed by atoms with Crippen molar-refractivity contribution >= 4 is 23.6 Å². The zero-order valence-corrected chi connectivity index (χ0v) is 11.2.